The van der Waals surface area contributed by atoms with Gasteiger partial charge in [0, 0.05) is 17.3 Å². The SMILES string of the molecule is CC#CC(CC(=O)O)c1ccc(OCc2ccc3nc(-c4ccc(C(C)C)cc4)nn3c2)cc1. The zero-order valence-corrected chi connectivity index (χ0v) is 19.5. The van der Waals surface area contributed by atoms with Crippen molar-refractivity contribution in [3.8, 4) is 29.0 Å². The Bertz CT molecular complexity index is 1340. The number of nitrogens with zero attached hydrogens (tertiary/aromatic N) is 3. The molecule has 34 heavy (non-hydrogen) atoms. The molecule has 0 spiro atoms. The Labute approximate surface area is 199 Å². The zero-order chi connectivity index (χ0) is 24.1. The van der Waals surface area contributed by atoms with Gasteiger partial charge in [-0.1, -0.05) is 62.2 Å². The maximum Gasteiger partial charge on any atom is 0.304 e. The van der Waals surface area contributed by atoms with Gasteiger partial charge in [0.2, 0.25) is 0 Å². The van der Waals surface area contributed by atoms with Crippen molar-refractivity contribution in [2.75, 3.05) is 0 Å². The van der Waals surface area contributed by atoms with Crippen LogP contribution in [0.25, 0.3) is 17.0 Å². The minimum Gasteiger partial charge on any atom is -0.489 e. The van der Waals surface area contributed by atoms with Crippen molar-refractivity contribution in [2.45, 2.75) is 45.6 Å². The summed E-state index contributed by atoms with van der Waals surface area (Å²) in [5, 5.41) is 13.7. The molecule has 0 amide bonds. The van der Waals surface area contributed by atoms with E-state index in [4.69, 9.17) is 9.84 Å². The lowest BCUT2D eigenvalue weighted by atomic mass is 9.96. The minimum atomic E-state index is -0.868. The fraction of sp³-hybridized carbons (Fsp3) is 0.250. The first-order valence-electron chi connectivity index (χ1n) is 11.3. The number of aromatic nitrogens is 3. The first-order chi connectivity index (χ1) is 16.4. The van der Waals surface area contributed by atoms with Gasteiger partial charge in [-0.2, -0.15) is 0 Å². The van der Waals surface area contributed by atoms with Crippen LogP contribution in [0.15, 0.2) is 66.9 Å². The number of hydrogen-bond donors (Lipinski definition) is 1. The average molecular weight is 454 g/mol. The van der Waals surface area contributed by atoms with Gasteiger partial charge in [0.25, 0.3) is 0 Å². The molecule has 2 aromatic heterocycles. The quantitative estimate of drug-likeness (QED) is 0.347. The summed E-state index contributed by atoms with van der Waals surface area (Å²) in [5.74, 6) is 6.44. The van der Waals surface area contributed by atoms with E-state index in [1.807, 2.05) is 42.6 Å². The van der Waals surface area contributed by atoms with Crippen molar-refractivity contribution in [3.63, 3.8) is 0 Å². The number of aliphatic carboxylic acids is 1. The summed E-state index contributed by atoms with van der Waals surface area (Å²) in [4.78, 5) is 15.7. The zero-order valence-electron chi connectivity index (χ0n) is 19.5. The Morgan fingerprint density at radius 1 is 1.03 bits per heavy atom. The Hall–Kier alpha value is -4.11. The molecular formula is C28H27N3O3. The van der Waals surface area contributed by atoms with Crippen molar-refractivity contribution < 1.29 is 14.6 Å². The van der Waals surface area contributed by atoms with Crippen LogP contribution in [0.1, 0.15) is 55.7 Å². The number of ether oxygens (including phenoxy) is 1. The summed E-state index contributed by atoms with van der Waals surface area (Å²) in [5.41, 5.74) is 4.87. The third-order valence-corrected chi connectivity index (χ3v) is 5.61. The van der Waals surface area contributed by atoms with Gasteiger partial charge in [-0.25, -0.2) is 9.50 Å². The van der Waals surface area contributed by atoms with E-state index in [-0.39, 0.29) is 12.3 Å². The number of rotatable bonds is 8. The van der Waals surface area contributed by atoms with Crippen LogP contribution in [0, 0.1) is 11.8 Å². The predicted molar refractivity (Wildman–Crippen MR) is 132 cm³/mol. The second-order valence-electron chi connectivity index (χ2n) is 8.45. The fourth-order valence-electron chi connectivity index (χ4n) is 3.71. The smallest absolute Gasteiger partial charge is 0.304 e. The standard InChI is InChI=1S/C28H27N3O3/c1-4-5-24(16-27(32)33)22-11-13-25(14-12-22)34-18-20-6-15-26-29-28(30-31(26)17-20)23-9-7-21(8-10-23)19(2)3/h6-15,17,19,24H,16,18H2,1-3H3,(H,32,33). The van der Waals surface area contributed by atoms with Gasteiger partial charge < -0.3 is 9.84 Å². The van der Waals surface area contributed by atoms with Crippen molar-refractivity contribution in [1.29, 1.82) is 0 Å². The van der Waals surface area contributed by atoms with E-state index in [1.165, 1.54) is 5.56 Å². The largest absolute Gasteiger partial charge is 0.489 e. The molecule has 0 fully saturated rings. The molecule has 1 unspecified atom stereocenters. The summed E-state index contributed by atoms with van der Waals surface area (Å²) in [6, 6.07) is 19.7. The minimum absolute atomic E-state index is 0.0250. The van der Waals surface area contributed by atoms with E-state index < -0.39 is 5.97 Å². The molecule has 0 aliphatic carbocycles. The molecule has 0 saturated carbocycles. The molecule has 172 valence electrons. The molecule has 2 heterocycles. The van der Waals surface area contributed by atoms with E-state index in [9.17, 15) is 4.79 Å². The molecule has 4 rings (SSSR count). The molecule has 0 saturated heterocycles. The van der Waals surface area contributed by atoms with Gasteiger partial charge in [-0.3, -0.25) is 4.79 Å². The summed E-state index contributed by atoms with van der Waals surface area (Å²) in [6.07, 6.45) is 1.89. The summed E-state index contributed by atoms with van der Waals surface area (Å²) in [7, 11) is 0. The number of fused-ring (bicyclic) bond motifs is 1. The summed E-state index contributed by atoms with van der Waals surface area (Å²) < 4.78 is 7.70. The predicted octanol–water partition coefficient (Wildman–Crippen LogP) is 5.68. The molecule has 1 N–H and O–H groups in total. The monoisotopic (exact) mass is 453 g/mol. The molecule has 0 radical (unpaired) electrons. The van der Waals surface area contributed by atoms with Crippen LogP contribution in [0.5, 0.6) is 5.75 Å². The third kappa shape index (κ3) is 5.44. The number of carbonyl (C=O) groups is 1. The van der Waals surface area contributed by atoms with E-state index in [2.05, 4.69) is 60.0 Å². The molecule has 0 aliphatic heterocycles. The van der Waals surface area contributed by atoms with Gasteiger partial charge in [0.15, 0.2) is 11.5 Å². The highest BCUT2D eigenvalue weighted by molar-refractivity contribution is 5.69. The van der Waals surface area contributed by atoms with Gasteiger partial charge in [0.1, 0.15) is 12.4 Å². The number of carboxylic acid groups (broad SMARTS) is 1. The van der Waals surface area contributed by atoms with Gasteiger partial charge in [0.05, 0.1) is 12.3 Å². The highest BCUT2D eigenvalue weighted by atomic mass is 16.5. The number of pyridine rings is 1. The van der Waals surface area contributed by atoms with E-state index in [1.54, 1.807) is 11.4 Å². The Morgan fingerprint density at radius 3 is 2.38 bits per heavy atom. The molecule has 6 heteroatoms. The Kier molecular flexibility index (Phi) is 6.93. The molecule has 6 nitrogen and oxygen atoms in total. The molecule has 0 bridgehead atoms. The lowest BCUT2D eigenvalue weighted by Gasteiger charge is -2.11. The second-order valence-corrected chi connectivity index (χ2v) is 8.45. The average Bonchev–Trinajstić information content (AvgIpc) is 3.26. The second kappa shape index (κ2) is 10.2. The molecule has 1 atom stereocenters. The summed E-state index contributed by atoms with van der Waals surface area (Å²) >= 11 is 0. The highest BCUT2D eigenvalue weighted by Gasteiger charge is 2.13. The number of benzene rings is 2. The lowest BCUT2D eigenvalue weighted by molar-refractivity contribution is -0.137. The third-order valence-electron chi connectivity index (χ3n) is 5.61. The van der Waals surface area contributed by atoms with E-state index in [0.29, 0.717) is 24.1 Å². The van der Waals surface area contributed by atoms with Gasteiger partial charge in [-0.15, -0.1) is 11.0 Å². The van der Waals surface area contributed by atoms with Gasteiger partial charge in [-0.05, 0) is 42.2 Å². The van der Waals surface area contributed by atoms with Gasteiger partial charge >= 0.3 is 5.97 Å². The van der Waals surface area contributed by atoms with Crippen LogP contribution in [0.3, 0.4) is 0 Å². The van der Waals surface area contributed by atoms with Crippen LogP contribution in [-0.2, 0) is 11.4 Å². The normalized spacial score (nSPS) is 11.8. The fourth-order valence-corrected chi connectivity index (χ4v) is 3.71. The molecular weight excluding hydrogens is 426 g/mol. The van der Waals surface area contributed by atoms with Crippen LogP contribution >= 0.6 is 0 Å². The summed E-state index contributed by atoms with van der Waals surface area (Å²) in [6.45, 7) is 6.44. The van der Waals surface area contributed by atoms with E-state index in [0.717, 1.165) is 22.3 Å². The maximum absolute atomic E-state index is 11.1. The number of carboxylic acids is 1. The molecule has 0 aliphatic rings. The van der Waals surface area contributed by atoms with Crippen LogP contribution in [-0.4, -0.2) is 25.7 Å². The van der Waals surface area contributed by atoms with Crippen LogP contribution in [0.4, 0.5) is 0 Å². The van der Waals surface area contributed by atoms with Crippen LogP contribution < -0.4 is 4.74 Å². The first-order valence-corrected chi connectivity index (χ1v) is 11.3. The van der Waals surface area contributed by atoms with E-state index >= 15 is 0 Å². The van der Waals surface area contributed by atoms with Crippen molar-refractivity contribution in [1.82, 2.24) is 14.6 Å². The Morgan fingerprint density at radius 2 is 1.74 bits per heavy atom. The maximum atomic E-state index is 11.1. The highest BCUT2D eigenvalue weighted by Crippen LogP contribution is 2.24. The van der Waals surface area contributed by atoms with Crippen LogP contribution in [0.2, 0.25) is 0 Å². The van der Waals surface area contributed by atoms with Crippen molar-refractivity contribution in [2.24, 2.45) is 0 Å². The van der Waals surface area contributed by atoms with Crippen molar-refractivity contribution in [3.05, 3.63) is 83.6 Å². The topological polar surface area (TPSA) is 76.7 Å². The molecule has 2 aromatic carbocycles. The molecule has 4 aromatic rings. The lowest BCUT2D eigenvalue weighted by Crippen LogP contribution is -2.04. The van der Waals surface area contributed by atoms with Crippen molar-refractivity contribution >= 4 is 11.6 Å². The Balaban J connectivity index is 1.44. The number of hydrogen-bond acceptors (Lipinski definition) is 4. The first kappa shape index (κ1) is 23.1.